The molecule has 0 aliphatic carbocycles. The molecule has 6 nitrogen and oxygen atoms in total. The number of carboxylic acid groups (broad SMARTS) is 1. The van der Waals surface area contributed by atoms with E-state index in [0.717, 1.165) is 12.1 Å². The van der Waals surface area contributed by atoms with Crippen LogP contribution in [-0.4, -0.2) is 48.6 Å². The van der Waals surface area contributed by atoms with Crippen molar-refractivity contribution < 1.29 is 50.1 Å². The molecule has 0 aromatic heterocycles. The number of hydrazone groups is 1. The number of carboxylic acids is 1. The molecule has 0 bridgehead atoms. The Morgan fingerprint density at radius 2 is 1.78 bits per heavy atom. The van der Waals surface area contributed by atoms with Gasteiger partial charge in [0.25, 0.3) is 0 Å². The van der Waals surface area contributed by atoms with Gasteiger partial charge in [0.15, 0.2) is 18.1 Å². The first-order valence-corrected chi connectivity index (χ1v) is 7.06. The van der Waals surface area contributed by atoms with Gasteiger partial charge in [0.2, 0.25) is 0 Å². The van der Waals surface area contributed by atoms with Crippen LogP contribution in [0.3, 0.4) is 0 Å². The van der Waals surface area contributed by atoms with Gasteiger partial charge in [0.1, 0.15) is 0 Å². The zero-order valence-corrected chi connectivity index (χ0v) is 13.5. The summed E-state index contributed by atoms with van der Waals surface area (Å²) in [5, 5.41) is 11.3. The van der Waals surface area contributed by atoms with Crippen LogP contribution in [0.5, 0.6) is 11.5 Å². The molecule has 0 atom stereocenters. The van der Waals surface area contributed by atoms with E-state index < -0.39 is 30.7 Å². The molecule has 0 aliphatic heterocycles. The summed E-state index contributed by atoms with van der Waals surface area (Å²) in [6.07, 6.45) is -5.94. The number of rotatable bonds is 9. The van der Waals surface area contributed by atoms with Gasteiger partial charge in [-0.3, -0.25) is 0 Å². The van der Waals surface area contributed by atoms with Crippen LogP contribution in [-0.2, 0) is 4.79 Å². The van der Waals surface area contributed by atoms with E-state index in [9.17, 15) is 35.5 Å². The SMILES string of the molecule is CCOc1cc(/C=N/NC(F)(F)C(F)(F)C(F)(F)F)ccc1OCC(=O)O. The molecular weight excluding hydrogens is 393 g/mol. The average Bonchev–Trinajstić information content (AvgIpc) is 2.53. The van der Waals surface area contributed by atoms with Crippen LogP contribution in [0.15, 0.2) is 23.3 Å². The van der Waals surface area contributed by atoms with E-state index in [1.807, 2.05) is 0 Å². The van der Waals surface area contributed by atoms with Gasteiger partial charge < -0.3 is 14.6 Å². The summed E-state index contributed by atoms with van der Waals surface area (Å²) in [5.41, 5.74) is 0.449. The van der Waals surface area contributed by atoms with Crippen molar-refractivity contribution in [2.45, 2.75) is 25.1 Å². The largest absolute Gasteiger partial charge is 0.490 e. The first-order chi connectivity index (χ1) is 12.3. The number of nitrogens with zero attached hydrogens (tertiary/aromatic N) is 1. The standard InChI is InChI=1S/C14H13F7N2O4/c1-2-26-10-5-8(3-4-9(10)27-7-11(24)25)6-22-23-14(20,21)12(15,16)13(17,18)19/h3-6,23H,2,7H2,1H3,(H,24,25)/b22-6+. The smallest absolute Gasteiger partial charge is 0.462 e. The van der Waals surface area contributed by atoms with Gasteiger partial charge in [-0.25, -0.2) is 10.2 Å². The normalized spacial score (nSPS) is 12.9. The molecular formula is C14H13F7N2O4. The quantitative estimate of drug-likeness (QED) is 0.285. The Balaban J connectivity index is 2.95. The van der Waals surface area contributed by atoms with E-state index in [1.165, 1.54) is 6.07 Å². The van der Waals surface area contributed by atoms with E-state index >= 15 is 0 Å². The lowest BCUT2D eigenvalue weighted by Gasteiger charge is -2.27. The zero-order valence-electron chi connectivity index (χ0n) is 13.5. The van der Waals surface area contributed by atoms with Gasteiger partial charge >= 0.3 is 24.1 Å². The molecule has 0 radical (unpaired) electrons. The van der Waals surface area contributed by atoms with E-state index in [1.54, 1.807) is 6.92 Å². The van der Waals surface area contributed by atoms with Crippen molar-refractivity contribution in [2.75, 3.05) is 13.2 Å². The van der Waals surface area contributed by atoms with Crippen molar-refractivity contribution in [3.8, 4) is 11.5 Å². The number of halogens is 7. The molecule has 0 saturated carbocycles. The molecule has 1 rings (SSSR count). The first kappa shape index (κ1) is 22.3. The van der Waals surface area contributed by atoms with Crippen molar-refractivity contribution in [3.63, 3.8) is 0 Å². The van der Waals surface area contributed by atoms with Crippen LogP contribution in [0.2, 0.25) is 0 Å². The van der Waals surface area contributed by atoms with Gasteiger partial charge in [0.05, 0.1) is 12.8 Å². The van der Waals surface area contributed by atoms with Crippen molar-refractivity contribution in [1.82, 2.24) is 5.43 Å². The molecule has 0 aliphatic rings. The monoisotopic (exact) mass is 406 g/mol. The van der Waals surface area contributed by atoms with Crippen LogP contribution in [0.25, 0.3) is 0 Å². The summed E-state index contributed by atoms with van der Waals surface area (Å²) in [4.78, 5) is 10.5. The Labute approximate surface area is 147 Å². The highest BCUT2D eigenvalue weighted by Gasteiger charge is 2.73. The number of carbonyl (C=O) groups is 1. The minimum atomic E-state index is -6.48. The number of alkyl halides is 7. The zero-order chi connectivity index (χ0) is 20.9. The molecule has 0 unspecified atom stereocenters. The average molecular weight is 406 g/mol. The van der Waals surface area contributed by atoms with E-state index in [2.05, 4.69) is 5.10 Å². The molecule has 0 amide bonds. The van der Waals surface area contributed by atoms with Gasteiger partial charge in [-0.1, -0.05) is 0 Å². The predicted molar refractivity (Wildman–Crippen MR) is 77.4 cm³/mol. The lowest BCUT2D eigenvalue weighted by atomic mass is 10.2. The molecule has 0 fully saturated rings. The number of hydrogen-bond donors (Lipinski definition) is 2. The summed E-state index contributed by atoms with van der Waals surface area (Å²) in [5.74, 6) is -7.66. The van der Waals surface area contributed by atoms with E-state index in [-0.39, 0.29) is 23.7 Å². The Morgan fingerprint density at radius 1 is 1.15 bits per heavy atom. The van der Waals surface area contributed by atoms with Gasteiger partial charge in [0, 0.05) is 0 Å². The maximum Gasteiger partial charge on any atom is 0.462 e. The van der Waals surface area contributed by atoms with E-state index in [0.29, 0.717) is 11.6 Å². The van der Waals surface area contributed by atoms with Crippen LogP contribution in [0.1, 0.15) is 12.5 Å². The molecule has 1 aromatic carbocycles. The number of aliphatic carboxylic acids is 1. The molecule has 152 valence electrons. The van der Waals surface area contributed by atoms with Crippen LogP contribution in [0, 0.1) is 0 Å². The Kier molecular flexibility index (Phi) is 6.87. The van der Waals surface area contributed by atoms with Crippen molar-refractivity contribution in [1.29, 1.82) is 0 Å². The Morgan fingerprint density at radius 3 is 2.30 bits per heavy atom. The van der Waals surface area contributed by atoms with Crippen molar-refractivity contribution >= 4 is 12.2 Å². The lowest BCUT2D eigenvalue weighted by molar-refractivity contribution is -0.361. The number of hydrogen-bond acceptors (Lipinski definition) is 5. The highest BCUT2D eigenvalue weighted by atomic mass is 19.4. The summed E-state index contributed by atoms with van der Waals surface area (Å²) < 4.78 is 97.5. The fourth-order valence-electron chi connectivity index (χ4n) is 1.57. The van der Waals surface area contributed by atoms with Crippen LogP contribution < -0.4 is 14.9 Å². The minimum Gasteiger partial charge on any atom is -0.490 e. The molecule has 0 spiro atoms. The molecule has 27 heavy (non-hydrogen) atoms. The molecule has 0 saturated heterocycles. The fourth-order valence-corrected chi connectivity index (χ4v) is 1.57. The van der Waals surface area contributed by atoms with Crippen LogP contribution >= 0.6 is 0 Å². The van der Waals surface area contributed by atoms with Gasteiger partial charge in [-0.2, -0.15) is 35.8 Å². The van der Waals surface area contributed by atoms with Crippen molar-refractivity contribution in [3.05, 3.63) is 23.8 Å². The third-order valence-electron chi connectivity index (χ3n) is 2.79. The number of benzene rings is 1. The van der Waals surface area contributed by atoms with Gasteiger partial charge in [-0.15, -0.1) is 0 Å². The van der Waals surface area contributed by atoms with Crippen molar-refractivity contribution in [2.24, 2.45) is 5.10 Å². The second kappa shape index (κ2) is 8.31. The van der Waals surface area contributed by atoms with Gasteiger partial charge in [-0.05, 0) is 30.7 Å². The second-order valence-corrected chi connectivity index (χ2v) is 4.84. The maximum atomic E-state index is 13.0. The summed E-state index contributed by atoms with van der Waals surface area (Å²) >= 11 is 0. The molecule has 13 heteroatoms. The lowest BCUT2D eigenvalue weighted by Crippen LogP contribution is -2.58. The second-order valence-electron chi connectivity index (χ2n) is 4.84. The first-order valence-electron chi connectivity index (χ1n) is 7.06. The Bertz CT molecular complexity index is 693. The number of nitrogens with one attached hydrogen (secondary N) is 1. The molecule has 1 aromatic rings. The molecule has 0 heterocycles. The molecule has 2 N–H and O–H groups in total. The summed E-state index contributed by atoms with van der Waals surface area (Å²) in [7, 11) is 0. The maximum absolute atomic E-state index is 13.0. The predicted octanol–water partition coefficient (Wildman–Crippen LogP) is 3.26. The summed E-state index contributed by atoms with van der Waals surface area (Å²) in [6.45, 7) is 0.981. The number of ether oxygens (including phenoxy) is 2. The van der Waals surface area contributed by atoms with Crippen LogP contribution in [0.4, 0.5) is 30.7 Å². The Hall–Kier alpha value is -2.73. The van der Waals surface area contributed by atoms with E-state index in [4.69, 9.17) is 14.6 Å². The highest BCUT2D eigenvalue weighted by molar-refractivity contribution is 5.80. The fraction of sp³-hybridized carbons (Fsp3) is 0.429. The third-order valence-corrected chi connectivity index (χ3v) is 2.79. The minimum absolute atomic E-state index is 0.0155. The highest BCUT2D eigenvalue weighted by Crippen LogP contribution is 2.45. The topological polar surface area (TPSA) is 80.1 Å². The third kappa shape index (κ3) is 5.62. The summed E-state index contributed by atoms with van der Waals surface area (Å²) in [6, 6.07) is -2.22.